The zero-order valence-corrected chi connectivity index (χ0v) is 8.48. The smallest absolute Gasteiger partial charge is 0.132 e. The summed E-state index contributed by atoms with van der Waals surface area (Å²) < 4.78 is 5.19. The average Bonchev–Trinajstić information content (AvgIpc) is 2.72. The average molecular weight is 194 g/mol. The quantitative estimate of drug-likeness (QED) is 0.801. The molecule has 1 aromatic rings. The van der Waals surface area contributed by atoms with Gasteiger partial charge in [0.05, 0.1) is 6.26 Å². The molecule has 2 nitrogen and oxygen atoms in total. The van der Waals surface area contributed by atoms with Crippen molar-refractivity contribution < 1.29 is 9.52 Å². The summed E-state index contributed by atoms with van der Waals surface area (Å²) in [5, 5.41) is 9.87. The van der Waals surface area contributed by atoms with E-state index in [1.165, 1.54) is 32.1 Å². The Labute approximate surface area is 84.9 Å². The highest BCUT2D eigenvalue weighted by molar-refractivity contribution is 5.01. The first-order chi connectivity index (χ1) is 6.86. The molecule has 1 aromatic heterocycles. The van der Waals surface area contributed by atoms with Gasteiger partial charge in [0.15, 0.2) is 0 Å². The molecule has 0 spiro atoms. The first-order valence-electron chi connectivity index (χ1n) is 5.58. The second-order valence-electron chi connectivity index (χ2n) is 4.27. The van der Waals surface area contributed by atoms with Crippen LogP contribution in [0.1, 0.15) is 50.4 Å². The summed E-state index contributed by atoms with van der Waals surface area (Å²) in [4.78, 5) is 0. The van der Waals surface area contributed by atoms with E-state index < -0.39 is 6.10 Å². The van der Waals surface area contributed by atoms with E-state index in [1.54, 1.807) is 6.26 Å². The molecule has 0 unspecified atom stereocenters. The maximum atomic E-state index is 9.87. The Bertz CT molecular complexity index is 247. The van der Waals surface area contributed by atoms with E-state index in [0.29, 0.717) is 5.92 Å². The molecule has 0 aromatic carbocycles. The Kier molecular flexibility index (Phi) is 3.25. The molecule has 1 aliphatic rings. The lowest BCUT2D eigenvalue weighted by Gasteiger charge is -2.23. The topological polar surface area (TPSA) is 33.4 Å². The van der Waals surface area contributed by atoms with E-state index >= 15 is 0 Å². The van der Waals surface area contributed by atoms with Crippen molar-refractivity contribution in [3.8, 4) is 0 Å². The van der Waals surface area contributed by atoms with Crippen LogP contribution in [-0.2, 0) is 0 Å². The minimum atomic E-state index is -0.395. The molecule has 1 atom stereocenters. The van der Waals surface area contributed by atoms with E-state index in [2.05, 4.69) is 0 Å². The predicted octanol–water partition coefficient (Wildman–Crippen LogP) is 3.28. The predicted molar refractivity (Wildman–Crippen MR) is 54.9 cm³/mol. The number of furan rings is 1. The van der Waals surface area contributed by atoms with Gasteiger partial charge in [0.1, 0.15) is 11.9 Å². The van der Waals surface area contributed by atoms with Gasteiger partial charge in [0.25, 0.3) is 0 Å². The number of aliphatic hydroxyl groups excluding tert-OH is 1. The molecule has 1 aliphatic carbocycles. The molecule has 78 valence electrons. The van der Waals surface area contributed by atoms with E-state index in [1.807, 2.05) is 12.1 Å². The molecule has 2 rings (SSSR count). The molecule has 0 aliphatic heterocycles. The van der Waals surface area contributed by atoms with E-state index in [-0.39, 0.29) is 0 Å². The van der Waals surface area contributed by atoms with Crippen LogP contribution in [0.25, 0.3) is 0 Å². The van der Waals surface area contributed by atoms with Crippen LogP contribution >= 0.6 is 0 Å². The maximum Gasteiger partial charge on any atom is 0.132 e. The Hall–Kier alpha value is -0.760. The minimum absolute atomic E-state index is 0.395. The third kappa shape index (κ3) is 2.38. The monoisotopic (exact) mass is 194 g/mol. The molecule has 2 heteroatoms. The molecule has 14 heavy (non-hydrogen) atoms. The van der Waals surface area contributed by atoms with Gasteiger partial charge >= 0.3 is 0 Å². The fraction of sp³-hybridized carbons (Fsp3) is 0.667. The standard InChI is InChI=1S/C12H18O2/c13-11(12-7-4-8-14-12)9-10-5-2-1-3-6-10/h4,7-8,10-11,13H,1-3,5-6,9H2/t11-/m1/s1. The summed E-state index contributed by atoms with van der Waals surface area (Å²) in [6, 6.07) is 3.69. The molecule has 0 amide bonds. The van der Waals surface area contributed by atoms with Gasteiger partial charge in [0.2, 0.25) is 0 Å². The number of hydrogen-bond acceptors (Lipinski definition) is 2. The van der Waals surface area contributed by atoms with Crippen molar-refractivity contribution >= 4 is 0 Å². The van der Waals surface area contributed by atoms with Gasteiger partial charge < -0.3 is 9.52 Å². The molecule has 0 radical (unpaired) electrons. The largest absolute Gasteiger partial charge is 0.467 e. The van der Waals surface area contributed by atoms with Crippen LogP contribution in [0.15, 0.2) is 22.8 Å². The molecular weight excluding hydrogens is 176 g/mol. The van der Waals surface area contributed by atoms with Gasteiger partial charge in [-0.1, -0.05) is 32.1 Å². The van der Waals surface area contributed by atoms with E-state index in [9.17, 15) is 5.11 Å². The van der Waals surface area contributed by atoms with Crippen LogP contribution in [0.5, 0.6) is 0 Å². The molecular formula is C12H18O2. The van der Waals surface area contributed by atoms with Crippen molar-refractivity contribution in [1.82, 2.24) is 0 Å². The lowest BCUT2D eigenvalue weighted by atomic mass is 9.85. The third-order valence-electron chi connectivity index (χ3n) is 3.15. The summed E-state index contributed by atoms with van der Waals surface area (Å²) in [7, 11) is 0. The first kappa shape index (κ1) is 9.78. The fourth-order valence-electron chi connectivity index (χ4n) is 2.34. The Balaban J connectivity index is 1.84. The van der Waals surface area contributed by atoms with Gasteiger partial charge in [-0.2, -0.15) is 0 Å². The summed E-state index contributed by atoms with van der Waals surface area (Å²) in [6.07, 6.45) is 8.68. The van der Waals surface area contributed by atoms with Crippen LogP contribution in [-0.4, -0.2) is 5.11 Å². The van der Waals surface area contributed by atoms with Crippen LogP contribution in [0.3, 0.4) is 0 Å². The van der Waals surface area contributed by atoms with Crippen molar-refractivity contribution in [3.05, 3.63) is 24.2 Å². The van der Waals surface area contributed by atoms with Gasteiger partial charge in [-0.05, 0) is 24.5 Å². The highest BCUT2D eigenvalue weighted by Crippen LogP contribution is 2.31. The highest BCUT2D eigenvalue weighted by atomic mass is 16.4. The lowest BCUT2D eigenvalue weighted by molar-refractivity contribution is 0.109. The molecule has 0 saturated heterocycles. The number of rotatable bonds is 3. The normalized spacial score (nSPS) is 20.9. The third-order valence-corrected chi connectivity index (χ3v) is 3.15. The SMILES string of the molecule is O[C@H](CC1CCCCC1)c1ccco1. The minimum Gasteiger partial charge on any atom is -0.467 e. The van der Waals surface area contributed by atoms with Gasteiger partial charge in [0, 0.05) is 0 Å². The lowest BCUT2D eigenvalue weighted by Crippen LogP contribution is -2.10. The van der Waals surface area contributed by atoms with Crippen molar-refractivity contribution in [2.24, 2.45) is 5.92 Å². The van der Waals surface area contributed by atoms with Gasteiger partial charge in [-0.15, -0.1) is 0 Å². The number of hydrogen-bond donors (Lipinski definition) is 1. The van der Waals surface area contributed by atoms with Gasteiger partial charge in [-0.25, -0.2) is 0 Å². The molecule has 1 fully saturated rings. The van der Waals surface area contributed by atoms with Crippen molar-refractivity contribution in [2.45, 2.75) is 44.6 Å². The molecule has 0 bridgehead atoms. The van der Waals surface area contributed by atoms with Gasteiger partial charge in [-0.3, -0.25) is 0 Å². The highest BCUT2D eigenvalue weighted by Gasteiger charge is 2.19. The van der Waals surface area contributed by atoms with E-state index in [0.717, 1.165) is 12.2 Å². The van der Waals surface area contributed by atoms with Crippen molar-refractivity contribution in [2.75, 3.05) is 0 Å². The van der Waals surface area contributed by atoms with Crippen LogP contribution in [0, 0.1) is 5.92 Å². The Morgan fingerprint density at radius 3 is 2.79 bits per heavy atom. The van der Waals surface area contributed by atoms with Crippen LogP contribution in [0.2, 0.25) is 0 Å². The van der Waals surface area contributed by atoms with Crippen molar-refractivity contribution in [1.29, 1.82) is 0 Å². The zero-order valence-electron chi connectivity index (χ0n) is 8.48. The second kappa shape index (κ2) is 4.65. The summed E-state index contributed by atoms with van der Waals surface area (Å²) in [5.41, 5.74) is 0. The summed E-state index contributed by atoms with van der Waals surface area (Å²) >= 11 is 0. The summed E-state index contributed by atoms with van der Waals surface area (Å²) in [5.74, 6) is 1.42. The summed E-state index contributed by atoms with van der Waals surface area (Å²) in [6.45, 7) is 0. The first-order valence-corrected chi connectivity index (χ1v) is 5.58. The van der Waals surface area contributed by atoms with E-state index in [4.69, 9.17) is 4.42 Å². The van der Waals surface area contributed by atoms with Crippen LogP contribution in [0.4, 0.5) is 0 Å². The molecule has 1 saturated carbocycles. The fourth-order valence-corrected chi connectivity index (χ4v) is 2.34. The number of aliphatic hydroxyl groups is 1. The molecule has 1 heterocycles. The maximum absolute atomic E-state index is 9.87. The Morgan fingerprint density at radius 2 is 2.14 bits per heavy atom. The molecule has 1 N–H and O–H groups in total. The van der Waals surface area contributed by atoms with Crippen LogP contribution < -0.4 is 0 Å². The second-order valence-corrected chi connectivity index (χ2v) is 4.27. The Morgan fingerprint density at radius 1 is 1.36 bits per heavy atom. The van der Waals surface area contributed by atoms with Crippen molar-refractivity contribution in [3.63, 3.8) is 0 Å². The zero-order chi connectivity index (χ0) is 9.80.